The number of hydrogen-bond donors (Lipinski definition) is 0. The molecule has 0 aliphatic carbocycles. The largest absolute Gasteiger partial charge is 0.456 e. The van der Waals surface area contributed by atoms with Crippen molar-refractivity contribution in [2.75, 3.05) is 6.61 Å². The van der Waals surface area contributed by atoms with Gasteiger partial charge in [-0.1, -0.05) is 35.5 Å². The van der Waals surface area contributed by atoms with E-state index in [1.54, 1.807) is 6.92 Å². The van der Waals surface area contributed by atoms with Crippen molar-refractivity contribution in [3.63, 3.8) is 0 Å². The van der Waals surface area contributed by atoms with E-state index in [9.17, 15) is 4.79 Å². The zero-order valence-corrected chi connectivity index (χ0v) is 9.55. The van der Waals surface area contributed by atoms with Crippen LogP contribution in [0.2, 0.25) is 0 Å². The maximum absolute atomic E-state index is 10.8. The molecule has 0 spiro atoms. The van der Waals surface area contributed by atoms with Crippen LogP contribution in [-0.4, -0.2) is 18.8 Å². The summed E-state index contributed by atoms with van der Waals surface area (Å²) in [6.07, 6.45) is 1.22. The minimum Gasteiger partial charge on any atom is -0.456 e. The van der Waals surface area contributed by atoms with Gasteiger partial charge in [0, 0.05) is 5.92 Å². The highest BCUT2D eigenvalue weighted by atomic mass is 16.6. The monoisotopic (exact) mass is 231 g/mol. The van der Waals surface area contributed by atoms with Crippen molar-refractivity contribution < 1.29 is 14.4 Å². The fourth-order valence-electron chi connectivity index (χ4n) is 1.01. The van der Waals surface area contributed by atoms with Crippen LogP contribution in [0.3, 0.4) is 0 Å². The Morgan fingerprint density at radius 3 is 2.88 bits per heavy atom. The van der Waals surface area contributed by atoms with Crippen LogP contribution < -0.4 is 0 Å². The number of ether oxygens (including phenoxy) is 1. The third kappa shape index (κ3) is 6.00. The molecule has 0 atom stereocenters. The average Bonchev–Trinajstić information content (AvgIpc) is 2.35. The minimum atomic E-state index is -0.568. The first-order valence-electron chi connectivity index (χ1n) is 5.19. The molecule has 0 unspecified atom stereocenters. The molecule has 88 valence electrons. The van der Waals surface area contributed by atoms with E-state index in [-0.39, 0.29) is 0 Å². The summed E-state index contributed by atoms with van der Waals surface area (Å²) >= 11 is 0. The first-order chi connectivity index (χ1) is 8.33. The van der Waals surface area contributed by atoms with Crippen molar-refractivity contribution >= 4 is 12.2 Å². The quantitative estimate of drug-likeness (QED) is 0.261. The lowest BCUT2D eigenvalue weighted by molar-refractivity contribution is -0.136. The van der Waals surface area contributed by atoms with Crippen molar-refractivity contribution in [1.82, 2.24) is 0 Å². The molecule has 0 radical (unpaired) electrons. The molecule has 0 N–H and O–H groups in total. The lowest BCUT2D eigenvalue weighted by Crippen LogP contribution is -1.99. The van der Waals surface area contributed by atoms with E-state index < -0.39 is 5.97 Å². The SMILES string of the molecule is CCOC(=O)C#C/C=N\OCc1ccccc1. The summed E-state index contributed by atoms with van der Waals surface area (Å²) in [7, 11) is 0. The summed E-state index contributed by atoms with van der Waals surface area (Å²) < 4.78 is 4.60. The Bertz CT molecular complexity index is 429. The van der Waals surface area contributed by atoms with Crippen molar-refractivity contribution in [3.8, 4) is 11.8 Å². The summed E-state index contributed by atoms with van der Waals surface area (Å²) in [5.74, 6) is 4.09. The number of esters is 1. The summed E-state index contributed by atoms with van der Waals surface area (Å²) in [6.45, 7) is 2.41. The Morgan fingerprint density at radius 1 is 1.41 bits per heavy atom. The number of carbonyl (C=O) groups is 1. The first-order valence-corrected chi connectivity index (χ1v) is 5.19. The van der Waals surface area contributed by atoms with E-state index >= 15 is 0 Å². The van der Waals surface area contributed by atoms with Gasteiger partial charge >= 0.3 is 5.97 Å². The predicted octanol–water partition coefficient (Wildman–Crippen LogP) is 1.76. The highest BCUT2D eigenvalue weighted by molar-refractivity contribution is 5.94. The minimum absolute atomic E-state index is 0.315. The van der Waals surface area contributed by atoms with Crippen LogP contribution in [-0.2, 0) is 21.0 Å². The molecule has 1 aromatic rings. The average molecular weight is 231 g/mol. The molecule has 0 aliphatic rings. The molecule has 0 bridgehead atoms. The summed E-state index contributed by atoms with van der Waals surface area (Å²) in [6, 6.07) is 9.63. The van der Waals surface area contributed by atoms with Gasteiger partial charge in [0.05, 0.1) is 6.61 Å². The summed E-state index contributed by atoms with van der Waals surface area (Å²) in [5.41, 5.74) is 1.02. The van der Waals surface area contributed by atoms with E-state index in [0.717, 1.165) is 5.56 Å². The van der Waals surface area contributed by atoms with Gasteiger partial charge in [-0.15, -0.1) is 0 Å². The van der Waals surface area contributed by atoms with Crippen LogP contribution in [0.25, 0.3) is 0 Å². The second kappa shape index (κ2) is 7.94. The second-order valence-electron chi connectivity index (χ2n) is 2.98. The number of carbonyl (C=O) groups excluding carboxylic acids is 1. The van der Waals surface area contributed by atoms with Gasteiger partial charge in [0.1, 0.15) is 12.8 Å². The Labute approximate surface area is 100 Å². The number of oxime groups is 1. The number of hydrogen-bond acceptors (Lipinski definition) is 4. The van der Waals surface area contributed by atoms with Gasteiger partial charge in [-0.25, -0.2) is 4.79 Å². The zero-order valence-electron chi connectivity index (χ0n) is 9.55. The van der Waals surface area contributed by atoms with Gasteiger partial charge in [0.15, 0.2) is 0 Å². The lowest BCUT2D eigenvalue weighted by atomic mass is 10.2. The Balaban J connectivity index is 2.25. The summed E-state index contributed by atoms with van der Waals surface area (Å²) in [4.78, 5) is 15.8. The highest BCUT2D eigenvalue weighted by Crippen LogP contribution is 1.99. The van der Waals surface area contributed by atoms with Crippen molar-refractivity contribution in [3.05, 3.63) is 35.9 Å². The topological polar surface area (TPSA) is 47.9 Å². The molecule has 0 aromatic heterocycles. The third-order valence-corrected chi connectivity index (χ3v) is 1.72. The van der Waals surface area contributed by atoms with E-state index in [1.165, 1.54) is 6.21 Å². The van der Waals surface area contributed by atoms with Gasteiger partial charge in [-0.2, -0.15) is 0 Å². The van der Waals surface area contributed by atoms with Gasteiger partial charge in [0.2, 0.25) is 0 Å². The molecule has 0 heterocycles. The molecule has 4 nitrogen and oxygen atoms in total. The lowest BCUT2D eigenvalue weighted by Gasteiger charge is -1.97. The molecular weight excluding hydrogens is 218 g/mol. The highest BCUT2D eigenvalue weighted by Gasteiger charge is 1.90. The van der Waals surface area contributed by atoms with Crippen LogP contribution in [0.15, 0.2) is 35.5 Å². The van der Waals surface area contributed by atoms with Crippen LogP contribution in [0.5, 0.6) is 0 Å². The molecule has 1 rings (SSSR count). The van der Waals surface area contributed by atoms with Gasteiger partial charge in [-0.05, 0) is 18.4 Å². The van der Waals surface area contributed by atoms with E-state index in [1.807, 2.05) is 30.3 Å². The molecule has 0 saturated carbocycles. The van der Waals surface area contributed by atoms with Gasteiger partial charge in [-0.3, -0.25) is 0 Å². The van der Waals surface area contributed by atoms with Crippen molar-refractivity contribution in [2.45, 2.75) is 13.5 Å². The Morgan fingerprint density at radius 2 is 2.18 bits per heavy atom. The number of nitrogens with zero attached hydrogens (tertiary/aromatic N) is 1. The molecule has 0 amide bonds. The molecule has 0 fully saturated rings. The van der Waals surface area contributed by atoms with Crippen molar-refractivity contribution in [2.24, 2.45) is 5.16 Å². The maximum atomic E-state index is 10.8. The van der Waals surface area contributed by atoms with Crippen molar-refractivity contribution in [1.29, 1.82) is 0 Å². The standard InChI is InChI=1S/C13H13NO3/c1-2-16-13(15)9-6-10-14-17-11-12-7-4-3-5-8-12/h3-5,7-8,10H,2,11H2,1H3/b14-10-. The maximum Gasteiger partial charge on any atom is 0.384 e. The van der Waals surface area contributed by atoms with Crippen LogP contribution in [0.4, 0.5) is 0 Å². The smallest absolute Gasteiger partial charge is 0.384 e. The van der Waals surface area contributed by atoms with Gasteiger partial charge < -0.3 is 9.57 Å². The summed E-state index contributed by atoms with van der Waals surface area (Å²) in [5, 5.41) is 3.59. The molecular formula is C13H13NO3. The normalized spacial score (nSPS) is 9.47. The van der Waals surface area contributed by atoms with Crippen LogP contribution in [0, 0.1) is 11.8 Å². The Hall–Kier alpha value is -2.28. The van der Waals surface area contributed by atoms with Crippen LogP contribution >= 0.6 is 0 Å². The fraction of sp³-hybridized carbons (Fsp3) is 0.231. The fourth-order valence-corrected chi connectivity index (χ4v) is 1.01. The number of benzene rings is 1. The molecule has 0 aliphatic heterocycles. The molecule has 17 heavy (non-hydrogen) atoms. The van der Waals surface area contributed by atoms with E-state index in [4.69, 9.17) is 4.84 Å². The van der Waals surface area contributed by atoms with E-state index in [2.05, 4.69) is 21.7 Å². The molecule has 4 heteroatoms. The molecule has 1 aromatic carbocycles. The Kier molecular flexibility index (Phi) is 5.97. The predicted molar refractivity (Wildman–Crippen MR) is 64.1 cm³/mol. The first kappa shape index (κ1) is 12.8. The second-order valence-corrected chi connectivity index (χ2v) is 2.98. The zero-order chi connectivity index (χ0) is 12.3. The third-order valence-electron chi connectivity index (χ3n) is 1.72. The number of rotatable bonds is 4. The molecule has 0 saturated heterocycles. The van der Waals surface area contributed by atoms with Crippen LogP contribution in [0.1, 0.15) is 12.5 Å². The van der Waals surface area contributed by atoms with E-state index in [0.29, 0.717) is 13.2 Å². The van der Waals surface area contributed by atoms with Gasteiger partial charge in [0.25, 0.3) is 0 Å².